The molecule has 5 heteroatoms. The topological polar surface area (TPSA) is 32.3 Å². The van der Waals surface area contributed by atoms with E-state index in [2.05, 4.69) is 21.2 Å². The average molecular weight is 294 g/mol. The Kier molecular flexibility index (Phi) is 5.31. The maximum Gasteiger partial charge on any atom is 0.143 e. The average Bonchev–Trinajstić information content (AvgIpc) is 2.27. The SMILES string of the molecule is CCNCC(O)Cc1c(F)ccc(Br)c1F. The highest BCUT2D eigenvalue weighted by atomic mass is 79.9. The highest BCUT2D eigenvalue weighted by molar-refractivity contribution is 9.10. The van der Waals surface area contributed by atoms with Gasteiger partial charge in [-0.1, -0.05) is 6.92 Å². The molecular formula is C11H14BrF2NO. The van der Waals surface area contributed by atoms with E-state index in [4.69, 9.17) is 0 Å². The molecule has 2 N–H and O–H groups in total. The Morgan fingerprint density at radius 3 is 2.75 bits per heavy atom. The van der Waals surface area contributed by atoms with Crippen LogP contribution >= 0.6 is 15.9 Å². The second-order valence-electron chi connectivity index (χ2n) is 3.49. The molecule has 1 atom stereocenters. The van der Waals surface area contributed by atoms with Crippen molar-refractivity contribution < 1.29 is 13.9 Å². The van der Waals surface area contributed by atoms with Crippen LogP contribution in [-0.4, -0.2) is 24.3 Å². The van der Waals surface area contributed by atoms with Gasteiger partial charge in [0.1, 0.15) is 11.6 Å². The van der Waals surface area contributed by atoms with Crippen LogP contribution in [0.4, 0.5) is 8.78 Å². The molecule has 0 aliphatic carbocycles. The molecule has 2 nitrogen and oxygen atoms in total. The number of benzene rings is 1. The predicted octanol–water partition coefficient (Wildman–Crippen LogP) is 2.24. The lowest BCUT2D eigenvalue weighted by molar-refractivity contribution is 0.170. The number of rotatable bonds is 5. The van der Waals surface area contributed by atoms with Crippen LogP contribution in [0.1, 0.15) is 12.5 Å². The molecule has 1 unspecified atom stereocenters. The minimum atomic E-state index is -0.793. The molecule has 0 aromatic heterocycles. The first-order valence-electron chi connectivity index (χ1n) is 5.07. The van der Waals surface area contributed by atoms with E-state index < -0.39 is 17.7 Å². The van der Waals surface area contributed by atoms with Crippen molar-refractivity contribution >= 4 is 15.9 Å². The number of hydrogen-bond acceptors (Lipinski definition) is 2. The fourth-order valence-electron chi connectivity index (χ4n) is 1.37. The first-order chi connectivity index (χ1) is 7.56. The molecule has 0 aliphatic rings. The van der Waals surface area contributed by atoms with Gasteiger partial charge >= 0.3 is 0 Å². The maximum absolute atomic E-state index is 13.5. The van der Waals surface area contributed by atoms with E-state index >= 15 is 0 Å². The van der Waals surface area contributed by atoms with E-state index in [9.17, 15) is 13.9 Å². The van der Waals surface area contributed by atoms with Gasteiger partial charge in [-0.05, 0) is 34.6 Å². The highest BCUT2D eigenvalue weighted by Crippen LogP contribution is 2.22. The molecule has 1 aromatic carbocycles. The van der Waals surface area contributed by atoms with Crippen LogP contribution < -0.4 is 5.32 Å². The van der Waals surface area contributed by atoms with Gasteiger partial charge in [0.25, 0.3) is 0 Å². The molecule has 0 spiro atoms. The minimum Gasteiger partial charge on any atom is -0.391 e. The third-order valence-corrected chi connectivity index (χ3v) is 2.82. The highest BCUT2D eigenvalue weighted by Gasteiger charge is 2.15. The van der Waals surface area contributed by atoms with Crippen LogP contribution in [0.15, 0.2) is 16.6 Å². The van der Waals surface area contributed by atoms with Crippen molar-refractivity contribution in [1.29, 1.82) is 0 Å². The van der Waals surface area contributed by atoms with Gasteiger partial charge in [-0.15, -0.1) is 0 Å². The monoisotopic (exact) mass is 293 g/mol. The van der Waals surface area contributed by atoms with Crippen LogP contribution in [0.2, 0.25) is 0 Å². The predicted molar refractivity (Wildman–Crippen MR) is 62.3 cm³/mol. The minimum absolute atomic E-state index is 0.0376. The second-order valence-corrected chi connectivity index (χ2v) is 4.34. The summed E-state index contributed by atoms with van der Waals surface area (Å²) in [5, 5.41) is 12.5. The van der Waals surface area contributed by atoms with Gasteiger partial charge in [0.2, 0.25) is 0 Å². The number of nitrogens with one attached hydrogen (secondary N) is 1. The normalized spacial score (nSPS) is 12.8. The summed E-state index contributed by atoms with van der Waals surface area (Å²) in [6, 6.07) is 2.49. The molecule has 1 rings (SSSR count). The van der Waals surface area contributed by atoms with Crippen LogP contribution in [0.3, 0.4) is 0 Å². The Hall–Kier alpha value is -0.520. The molecule has 1 aromatic rings. The van der Waals surface area contributed by atoms with Crippen molar-refractivity contribution in [2.45, 2.75) is 19.4 Å². The first-order valence-corrected chi connectivity index (χ1v) is 5.86. The summed E-state index contributed by atoms with van der Waals surface area (Å²) < 4.78 is 27.1. The number of halogens is 3. The maximum atomic E-state index is 13.5. The van der Waals surface area contributed by atoms with Gasteiger partial charge in [-0.3, -0.25) is 0 Å². The van der Waals surface area contributed by atoms with Gasteiger partial charge in [0, 0.05) is 18.5 Å². The molecule has 0 saturated heterocycles. The van der Waals surface area contributed by atoms with E-state index in [0.717, 1.165) is 0 Å². The van der Waals surface area contributed by atoms with Gasteiger partial charge in [-0.2, -0.15) is 0 Å². The third-order valence-electron chi connectivity index (χ3n) is 2.21. The zero-order chi connectivity index (χ0) is 12.1. The van der Waals surface area contributed by atoms with E-state index in [1.807, 2.05) is 6.92 Å². The Bertz CT molecular complexity index is 360. The van der Waals surface area contributed by atoms with Gasteiger partial charge in [0.05, 0.1) is 10.6 Å². The smallest absolute Gasteiger partial charge is 0.143 e. The van der Waals surface area contributed by atoms with Crippen LogP contribution in [-0.2, 0) is 6.42 Å². The Balaban J connectivity index is 2.76. The summed E-state index contributed by atoms with van der Waals surface area (Å²) in [7, 11) is 0. The lowest BCUT2D eigenvalue weighted by atomic mass is 10.1. The lowest BCUT2D eigenvalue weighted by Gasteiger charge is -2.12. The van der Waals surface area contributed by atoms with Gasteiger partial charge in [-0.25, -0.2) is 8.78 Å². The largest absolute Gasteiger partial charge is 0.391 e. The standard InChI is InChI=1S/C11H14BrF2NO/c1-2-15-6-7(16)5-8-10(13)4-3-9(12)11(8)14/h3-4,7,15-16H,2,5-6H2,1H3. The molecular weight excluding hydrogens is 280 g/mol. The zero-order valence-corrected chi connectivity index (χ0v) is 10.5. The lowest BCUT2D eigenvalue weighted by Crippen LogP contribution is -2.28. The van der Waals surface area contributed by atoms with Gasteiger partial charge < -0.3 is 10.4 Å². The van der Waals surface area contributed by atoms with Crippen LogP contribution in [0.25, 0.3) is 0 Å². The number of likely N-dealkylation sites (N-methyl/N-ethyl adjacent to an activating group) is 1. The first kappa shape index (κ1) is 13.5. The molecule has 90 valence electrons. The Morgan fingerprint density at radius 2 is 2.12 bits per heavy atom. The molecule has 0 aliphatic heterocycles. The van der Waals surface area contributed by atoms with Crippen molar-refractivity contribution in [3.63, 3.8) is 0 Å². The molecule has 16 heavy (non-hydrogen) atoms. The summed E-state index contributed by atoms with van der Waals surface area (Å²) in [6.07, 6.45) is -0.831. The fraction of sp³-hybridized carbons (Fsp3) is 0.455. The molecule has 0 bridgehead atoms. The van der Waals surface area contributed by atoms with E-state index in [0.29, 0.717) is 13.1 Å². The second kappa shape index (κ2) is 6.27. The summed E-state index contributed by atoms with van der Waals surface area (Å²) >= 11 is 2.98. The van der Waals surface area contributed by atoms with Crippen molar-refractivity contribution in [3.05, 3.63) is 33.8 Å². The van der Waals surface area contributed by atoms with Crippen molar-refractivity contribution in [2.24, 2.45) is 0 Å². The Morgan fingerprint density at radius 1 is 1.44 bits per heavy atom. The summed E-state index contributed by atoms with van der Waals surface area (Å²) in [5.41, 5.74) is -0.0835. The van der Waals surface area contributed by atoms with E-state index in [-0.39, 0.29) is 16.5 Å². The van der Waals surface area contributed by atoms with Crippen molar-refractivity contribution in [3.8, 4) is 0 Å². The molecule has 0 radical (unpaired) electrons. The quantitative estimate of drug-likeness (QED) is 0.816. The molecule has 0 heterocycles. The summed E-state index contributed by atoms with van der Waals surface area (Å²) in [5.74, 6) is -1.27. The van der Waals surface area contributed by atoms with E-state index in [1.165, 1.54) is 12.1 Å². The van der Waals surface area contributed by atoms with E-state index in [1.54, 1.807) is 0 Å². The molecule has 0 fully saturated rings. The van der Waals surface area contributed by atoms with Crippen LogP contribution in [0.5, 0.6) is 0 Å². The van der Waals surface area contributed by atoms with Crippen molar-refractivity contribution in [1.82, 2.24) is 5.32 Å². The summed E-state index contributed by atoms with van der Waals surface area (Å²) in [6.45, 7) is 2.93. The number of aliphatic hydroxyl groups excluding tert-OH is 1. The Labute approximate surface area is 102 Å². The zero-order valence-electron chi connectivity index (χ0n) is 8.93. The third kappa shape index (κ3) is 3.50. The number of hydrogen-bond donors (Lipinski definition) is 2. The summed E-state index contributed by atoms with van der Waals surface area (Å²) in [4.78, 5) is 0. The van der Waals surface area contributed by atoms with Crippen LogP contribution in [0, 0.1) is 11.6 Å². The van der Waals surface area contributed by atoms with Crippen molar-refractivity contribution in [2.75, 3.05) is 13.1 Å². The molecule has 0 amide bonds. The fourth-order valence-corrected chi connectivity index (χ4v) is 1.75. The number of aliphatic hydroxyl groups is 1. The van der Waals surface area contributed by atoms with Gasteiger partial charge in [0.15, 0.2) is 0 Å². The molecule has 0 saturated carbocycles.